The van der Waals surface area contributed by atoms with Gasteiger partial charge in [-0.2, -0.15) is 0 Å². The van der Waals surface area contributed by atoms with E-state index in [0.717, 1.165) is 16.5 Å². The fraction of sp³-hybridized carbons (Fsp3) is 0.429. The zero-order valence-electron chi connectivity index (χ0n) is 6.16. The van der Waals surface area contributed by atoms with Crippen molar-refractivity contribution < 1.29 is 0 Å². The average molecular weight is 154 g/mol. The molecule has 54 valence electrons. The largest absolute Gasteiger partial charge is 0.242 e. The smallest absolute Gasteiger partial charge is 0.116 e. The van der Waals surface area contributed by atoms with Gasteiger partial charge in [-0.15, -0.1) is 11.8 Å². The van der Waals surface area contributed by atoms with Gasteiger partial charge >= 0.3 is 0 Å². The van der Waals surface area contributed by atoms with Crippen LogP contribution in [0.25, 0.3) is 0 Å². The minimum atomic E-state index is 1.03. The molecule has 0 saturated heterocycles. The summed E-state index contributed by atoms with van der Waals surface area (Å²) in [5, 5.41) is 1.06. The molecule has 1 aromatic rings. The molecule has 3 heteroatoms. The van der Waals surface area contributed by atoms with Gasteiger partial charge in [0.15, 0.2) is 0 Å². The summed E-state index contributed by atoms with van der Waals surface area (Å²) in [5.74, 6) is 1.07. The Morgan fingerprint density at radius 1 is 1.50 bits per heavy atom. The predicted molar refractivity (Wildman–Crippen MR) is 43.2 cm³/mol. The molecule has 0 aliphatic carbocycles. The van der Waals surface area contributed by atoms with Crippen LogP contribution < -0.4 is 0 Å². The number of nitrogens with zero attached hydrogens (tertiary/aromatic N) is 2. The monoisotopic (exact) mass is 154 g/mol. The fourth-order valence-corrected chi connectivity index (χ4v) is 1.33. The van der Waals surface area contributed by atoms with Crippen LogP contribution in [0.3, 0.4) is 0 Å². The van der Waals surface area contributed by atoms with Crippen LogP contribution in [-0.2, 0) is 0 Å². The summed E-state index contributed by atoms with van der Waals surface area (Å²) >= 11 is 1.74. The van der Waals surface area contributed by atoms with E-state index >= 15 is 0 Å². The van der Waals surface area contributed by atoms with Crippen molar-refractivity contribution in [1.82, 2.24) is 9.97 Å². The predicted octanol–water partition coefficient (Wildman–Crippen LogP) is 1.90. The van der Waals surface area contributed by atoms with Gasteiger partial charge < -0.3 is 0 Å². The molecule has 10 heavy (non-hydrogen) atoms. The van der Waals surface area contributed by atoms with Crippen molar-refractivity contribution in [1.29, 1.82) is 0 Å². The Bertz CT molecular complexity index is 213. The lowest BCUT2D eigenvalue weighted by atomic mass is 10.5. The molecular weight excluding hydrogens is 144 g/mol. The van der Waals surface area contributed by atoms with E-state index < -0.39 is 0 Å². The van der Waals surface area contributed by atoms with Crippen molar-refractivity contribution in [3.63, 3.8) is 0 Å². The number of thioether (sulfide) groups is 1. The summed E-state index contributed by atoms with van der Waals surface area (Å²) in [6, 6.07) is 1.99. The zero-order valence-corrected chi connectivity index (χ0v) is 6.98. The first-order valence-electron chi connectivity index (χ1n) is 3.24. The van der Waals surface area contributed by atoms with Crippen molar-refractivity contribution >= 4 is 11.8 Å². The summed E-state index contributed by atoms with van der Waals surface area (Å²) in [4.78, 5) is 8.08. The standard InChI is InChI=1S/C7H10N2S/c1-3-10-7-4-6(2)8-5-9-7/h4-5H,3H2,1-2H3. The topological polar surface area (TPSA) is 25.8 Å². The molecule has 0 atom stereocenters. The van der Waals surface area contributed by atoms with Crippen molar-refractivity contribution in [2.24, 2.45) is 0 Å². The van der Waals surface area contributed by atoms with E-state index in [-0.39, 0.29) is 0 Å². The first-order chi connectivity index (χ1) is 4.83. The van der Waals surface area contributed by atoms with Gasteiger partial charge in [0.1, 0.15) is 6.33 Å². The van der Waals surface area contributed by atoms with Crippen LogP contribution in [-0.4, -0.2) is 15.7 Å². The Morgan fingerprint density at radius 2 is 2.30 bits per heavy atom. The van der Waals surface area contributed by atoms with Crippen LogP contribution in [0.1, 0.15) is 12.6 Å². The first-order valence-corrected chi connectivity index (χ1v) is 4.23. The number of aromatic nitrogens is 2. The molecule has 0 aliphatic rings. The van der Waals surface area contributed by atoms with E-state index in [0.29, 0.717) is 0 Å². The molecule has 0 aliphatic heterocycles. The molecule has 0 spiro atoms. The van der Waals surface area contributed by atoms with E-state index in [9.17, 15) is 0 Å². The summed E-state index contributed by atoms with van der Waals surface area (Å²) in [7, 11) is 0. The third-order valence-corrected chi connectivity index (χ3v) is 1.88. The van der Waals surface area contributed by atoms with Gasteiger partial charge in [0, 0.05) is 5.69 Å². The Morgan fingerprint density at radius 3 is 2.90 bits per heavy atom. The minimum Gasteiger partial charge on any atom is -0.242 e. The van der Waals surface area contributed by atoms with Crippen LogP contribution in [0.2, 0.25) is 0 Å². The van der Waals surface area contributed by atoms with E-state index in [1.807, 2.05) is 13.0 Å². The number of hydrogen-bond acceptors (Lipinski definition) is 3. The van der Waals surface area contributed by atoms with Gasteiger partial charge in [0.25, 0.3) is 0 Å². The van der Waals surface area contributed by atoms with Gasteiger partial charge in [0.05, 0.1) is 5.03 Å². The van der Waals surface area contributed by atoms with Crippen LogP contribution in [0.15, 0.2) is 17.4 Å². The third-order valence-electron chi connectivity index (χ3n) is 1.07. The lowest BCUT2D eigenvalue weighted by Gasteiger charge is -1.95. The summed E-state index contributed by atoms with van der Waals surface area (Å²) in [6.45, 7) is 4.09. The highest BCUT2D eigenvalue weighted by atomic mass is 32.2. The SMILES string of the molecule is CCSc1cc(C)ncn1. The molecule has 0 fully saturated rings. The molecule has 1 heterocycles. The van der Waals surface area contributed by atoms with Gasteiger partial charge in [0.2, 0.25) is 0 Å². The molecule has 0 amide bonds. The molecule has 1 aromatic heterocycles. The van der Waals surface area contributed by atoms with Crippen LogP contribution in [0.5, 0.6) is 0 Å². The van der Waals surface area contributed by atoms with Crippen LogP contribution in [0, 0.1) is 6.92 Å². The van der Waals surface area contributed by atoms with Gasteiger partial charge in [-0.05, 0) is 18.7 Å². The quantitative estimate of drug-likeness (QED) is 0.480. The highest BCUT2D eigenvalue weighted by molar-refractivity contribution is 7.99. The second kappa shape index (κ2) is 3.56. The van der Waals surface area contributed by atoms with Crippen molar-refractivity contribution in [2.75, 3.05) is 5.75 Å². The third kappa shape index (κ3) is 1.99. The fourth-order valence-electron chi connectivity index (χ4n) is 0.657. The van der Waals surface area contributed by atoms with E-state index in [4.69, 9.17) is 0 Å². The van der Waals surface area contributed by atoms with Gasteiger partial charge in [-0.25, -0.2) is 9.97 Å². The lowest BCUT2D eigenvalue weighted by molar-refractivity contribution is 1.01. The summed E-state index contributed by atoms with van der Waals surface area (Å²) < 4.78 is 0. The second-order valence-corrected chi connectivity index (χ2v) is 3.21. The molecule has 0 unspecified atom stereocenters. The maximum atomic E-state index is 4.08. The normalized spacial score (nSPS) is 9.80. The van der Waals surface area contributed by atoms with Crippen LogP contribution in [0.4, 0.5) is 0 Å². The molecule has 2 nitrogen and oxygen atoms in total. The molecule has 0 bridgehead atoms. The minimum absolute atomic E-state index is 1.03. The highest BCUT2D eigenvalue weighted by Gasteiger charge is 1.92. The average Bonchev–Trinajstić information content (AvgIpc) is 1.88. The summed E-state index contributed by atoms with van der Waals surface area (Å²) in [5.41, 5.74) is 1.03. The highest BCUT2D eigenvalue weighted by Crippen LogP contribution is 2.13. The van der Waals surface area contributed by atoms with E-state index in [1.165, 1.54) is 0 Å². The first kappa shape index (κ1) is 7.54. The Hall–Kier alpha value is -0.570. The molecule has 1 rings (SSSR count). The Labute approximate surface area is 65.1 Å². The van der Waals surface area contributed by atoms with Gasteiger partial charge in [-0.3, -0.25) is 0 Å². The molecule has 0 saturated carbocycles. The van der Waals surface area contributed by atoms with Gasteiger partial charge in [-0.1, -0.05) is 6.92 Å². The van der Waals surface area contributed by atoms with Crippen molar-refractivity contribution in [3.8, 4) is 0 Å². The van der Waals surface area contributed by atoms with Crippen molar-refractivity contribution in [3.05, 3.63) is 18.1 Å². The molecule has 0 radical (unpaired) electrons. The Balaban J connectivity index is 2.75. The maximum Gasteiger partial charge on any atom is 0.116 e. The molecule has 0 aromatic carbocycles. The van der Waals surface area contributed by atoms with Crippen LogP contribution >= 0.6 is 11.8 Å². The number of aryl methyl sites for hydroxylation is 1. The number of hydrogen-bond donors (Lipinski definition) is 0. The maximum absolute atomic E-state index is 4.08. The molecular formula is C7H10N2S. The number of rotatable bonds is 2. The second-order valence-electron chi connectivity index (χ2n) is 1.93. The Kier molecular flexibility index (Phi) is 2.68. The van der Waals surface area contributed by atoms with E-state index in [1.54, 1.807) is 18.1 Å². The van der Waals surface area contributed by atoms with Crippen molar-refractivity contribution in [2.45, 2.75) is 18.9 Å². The zero-order chi connectivity index (χ0) is 7.40. The summed E-state index contributed by atoms with van der Waals surface area (Å²) in [6.07, 6.45) is 1.60. The lowest BCUT2D eigenvalue weighted by Crippen LogP contribution is -1.85. The molecule has 0 N–H and O–H groups in total. The van der Waals surface area contributed by atoms with E-state index in [2.05, 4.69) is 16.9 Å².